The zero-order valence-electron chi connectivity index (χ0n) is 12.9. The number of alkyl halides is 5. The van der Waals surface area contributed by atoms with Gasteiger partial charge in [-0.25, -0.2) is 8.42 Å². The van der Waals surface area contributed by atoms with Gasteiger partial charge in [0.05, 0.1) is 11.5 Å². The molecule has 2 nitrogen and oxygen atoms in total. The molecule has 0 aliphatic heterocycles. The van der Waals surface area contributed by atoms with Gasteiger partial charge in [-0.1, -0.05) is 45.4 Å². The van der Waals surface area contributed by atoms with Crippen LogP contribution in [0.5, 0.6) is 0 Å². The molecular formula is C14H25F5O2S. The van der Waals surface area contributed by atoms with E-state index in [0.717, 1.165) is 38.5 Å². The number of halogens is 5. The SMILES string of the molecule is CCCCCCCCCS(=O)(=O)CCCC(F)(F)C(F)(F)F. The normalized spacial score (nSPS) is 13.5. The van der Waals surface area contributed by atoms with Gasteiger partial charge in [0.1, 0.15) is 9.84 Å². The van der Waals surface area contributed by atoms with E-state index in [4.69, 9.17) is 0 Å². The summed E-state index contributed by atoms with van der Waals surface area (Å²) < 4.78 is 84.2. The van der Waals surface area contributed by atoms with Crippen molar-refractivity contribution in [3.63, 3.8) is 0 Å². The van der Waals surface area contributed by atoms with E-state index in [9.17, 15) is 30.4 Å². The maximum Gasteiger partial charge on any atom is 0.453 e. The lowest BCUT2D eigenvalue weighted by atomic mass is 10.1. The molecule has 0 radical (unpaired) electrons. The molecule has 0 atom stereocenters. The van der Waals surface area contributed by atoms with Gasteiger partial charge in [0.2, 0.25) is 0 Å². The smallest absolute Gasteiger partial charge is 0.229 e. The lowest BCUT2D eigenvalue weighted by molar-refractivity contribution is -0.284. The van der Waals surface area contributed by atoms with Crippen molar-refractivity contribution in [2.75, 3.05) is 11.5 Å². The number of hydrogen-bond acceptors (Lipinski definition) is 2. The molecule has 0 aliphatic carbocycles. The standard InChI is InChI=1S/C14H25F5O2S/c1-2-3-4-5-6-7-8-11-22(20,21)12-9-10-13(15,16)14(17,18)19/h2-12H2,1H3. The van der Waals surface area contributed by atoms with Crippen LogP contribution in [0, 0.1) is 0 Å². The molecule has 0 spiro atoms. The molecule has 0 saturated heterocycles. The molecule has 0 fully saturated rings. The maximum absolute atomic E-state index is 12.6. The lowest BCUT2D eigenvalue weighted by Gasteiger charge is -2.19. The average molecular weight is 352 g/mol. The summed E-state index contributed by atoms with van der Waals surface area (Å²) in [6, 6.07) is 0. The molecule has 0 aromatic carbocycles. The fourth-order valence-electron chi connectivity index (χ4n) is 2.04. The molecule has 8 heteroatoms. The van der Waals surface area contributed by atoms with E-state index in [1.165, 1.54) is 0 Å². The summed E-state index contributed by atoms with van der Waals surface area (Å²) in [6.07, 6.45) is -1.27. The number of unbranched alkanes of at least 4 members (excludes halogenated alkanes) is 6. The summed E-state index contributed by atoms with van der Waals surface area (Å²) in [6.45, 7) is 2.09. The summed E-state index contributed by atoms with van der Waals surface area (Å²) in [5.41, 5.74) is 0. The highest BCUT2D eigenvalue weighted by atomic mass is 32.2. The number of hydrogen-bond donors (Lipinski definition) is 0. The van der Waals surface area contributed by atoms with Crippen molar-refractivity contribution >= 4 is 9.84 Å². The van der Waals surface area contributed by atoms with Gasteiger partial charge in [0.15, 0.2) is 0 Å². The van der Waals surface area contributed by atoms with Gasteiger partial charge in [-0.2, -0.15) is 22.0 Å². The zero-order chi connectivity index (χ0) is 17.3. The molecule has 0 heterocycles. The monoisotopic (exact) mass is 352 g/mol. The van der Waals surface area contributed by atoms with Gasteiger partial charge in [0.25, 0.3) is 0 Å². The van der Waals surface area contributed by atoms with E-state index in [0.29, 0.717) is 6.42 Å². The fraction of sp³-hybridized carbons (Fsp3) is 1.00. The molecule has 134 valence electrons. The Hall–Kier alpha value is -0.400. The Morgan fingerprint density at radius 1 is 0.727 bits per heavy atom. The highest BCUT2D eigenvalue weighted by Crippen LogP contribution is 2.38. The topological polar surface area (TPSA) is 34.1 Å². The van der Waals surface area contributed by atoms with Crippen LogP contribution >= 0.6 is 0 Å². The molecular weight excluding hydrogens is 327 g/mol. The fourth-order valence-corrected chi connectivity index (χ4v) is 3.47. The highest BCUT2D eigenvalue weighted by molar-refractivity contribution is 7.91. The van der Waals surface area contributed by atoms with E-state index in [-0.39, 0.29) is 5.75 Å². The first-order valence-corrected chi connectivity index (χ1v) is 9.49. The summed E-state index contributed by atoms with van der Waals surface area (Å²) in [4.78, 5) is 0. The van der Waals surface area contributed by atoms with Gasteiger partial charge in [-0.15, -0.1) is 0 Å². The van der Waals surface area contributed by atoms with E-state index < -0.39 is 40.5 Å². The van der Waals surface area contributed by atoms with E-state index in [1.807, 2.05) is 0 Å². The van der Waals surface area contributed by atoms with Gasteiger partial charge in [-0.3, -0.25) is 0 Å². The third kappa shape index (κ3) is 9.58. The Kier molecular flexibility index (Phi) is 9.50. The third-order valence-electron chi connectivity index (χ3n) is 3.42. The van der Waals surface area contributed by atoms with Crippen molar-refractivity contribution in [1.82, 2.24) is 0 Å². The van der Waals surface area contributed by atoms with Crippen LogP contribution in [0.2, 0.25) is 0 Å². The largest absolute Gasteiger partial charge is 0.453 e. The third-order valence-corrected chi connectivity index (χ3v) is 5.24. The minimum Gasteiger partial charge on any atom is -0.229 e. The van der Waals surface area contributed by atoms with E-state index in [2.05, 4.69) is 6.92 Å². The summed E-state index contributed by atoms with van der Waals surface area (Å²) in [5.74, 6) is -5.57. The Balaban J connectivity index is 3.88. The minimum atomic E-state index is -5.62. The first-order chi connectivity index (χ1) is 10.0. The van der Waals surface area contributed by atoms with Crippen LogP contribution in [0.15, 0.2) is 0 Å². The van der Waals surface area contributed by atoms with Crippen molar-refractivity contribution in [2.24, 2.45) is 0 Å². The second-order valence-electron chi connectivity index (χ2n) is 5.58. The van der Waals surface area contributed by atoms with Crippen molar-refractivity contribution in [3.05, 3.63) is 0 Å². The molecule has 0 saturated carbocycles. The van der Waals surface area contributed by atoms with Gasteiger partial charge in [0, 0.05) is 6.42 Å². The van der Waals surface area contributed by atoms with Crippen molar-refractivity contribution < 1.29 is 30.4 Å². The molecule has 0 aliphatic rings. The Labute approximate surface area is 129 Å². The quantitative estimate of drug-likeness (QED) is 0.360. The highest BCUT2D eigenvalue weighted by Gasteiger charge is 2.56. The van der Waals surface area contributed by atoms with Crippen molar-refractivity contribution in [2.45, 2.75) is 76.8 Å². The van der Waals surface area contributed by atoms with Crippen LogP contribution in [0.25, 0.3) is 0 Å². The zero-order valence-corrected chi connectivity index (χ0v) is 13.7. The van der Waals surface area contributed by atoms with Crippen LogP contribution in [0.4, 0.5) is 22.0 Å². The average Bonchev–Trinajstić information content (AvgIpc) is 2.35. The second-order valence-corrected chi connectivity index (χ2v) is 7.88. The van der Waals surface area contributed by atoms with Crippen molar-refractivity contribution in [3.8, 4) is 0 Å². The Morgan fingerprint density at radius 3 is 1.68 bits per heavy atom. The Bertz CT molecular complexity index is 391. The van der Waals surface area contributed by atoms with Crippen LogP contribution in [-0.4, -0.2) is 32.0 Å². The van der Waals surface area contributed by atoms with Crippen LogP contribution in [0.1, 0.15) is 64.7 Å². The van der Waals surface area contributed by atoms with E-state index >= 15 is 0 Å². The van der Waals surface area contributed by atoms with Crippen LogP contribution in [-0.2, 0) is 9.84 Å². The van der Waals surface area contributed by atoms with Gasteiger partial charge < -0.3 is 0 Å². The number of rotatable bonds is 12. The molecule has 0 aromatic rings. The summed E-state index contributed by atoms with van der Waals surface area (Å²) in [7, 11) is -3.55. The van der Waals surface area contributed by atoms with Gasteiger partial charge >= 0.3 is 12.1 Å². The lowest BCUT2D eigenvalue weighted by Crippen LogP contribution is -2.36. The Morgan fingerprint density at radius 2 is 1.18 bits per heavy atom. The first-order valence-electron chi connectivity index (χ1n) is 7.67. The molecule has 22 heavy (non-hydrogen) atoms. The predicted molar refractivity (Wildman–Crippen MR) is 76.9 cm³/mol. The summed E-state index contributed by atoms with van der Waals surface area (Å²) >= 11 is 0. The summed E-state index contributed by atoms with van der Waals surface area (Å²) in [5, 5.41) is 0. The molecule has 0 unspecified atom stereocenters. The van der Waals surface area contributed by atoms with Gasteiger partial charge in [-0.05, 0) is 12.8 Å². The predicted octanol–water partition coefficient (Wildman–Crippen LogP) is 5.13. The van der Waals surface area contributed by atoms with E-state index in [1.54, 1.807) is 0 Å². The van der Waals surface area contributed by atoms with Crippen LogP contribution in [0.3, 0.4) is 0 Å². The molecule has 0 rings (SSSR count). The second kappa shape index (κ2) is 9.67. The van der Waals surface area contributed by atoms with Crippen LogP contribution < -0.4 is 0 Å². The minimum absolute atomic E-state index is 0.141. The first kappa shape index (κ1) is 21.6. The maximum atomic E-state index is 12.6. The number of sulfone groups is 1. The van der Waals surface area contributed by atoms with Crippen molar-refractivity contribution in [1.29, 1.82) is 0 Å². The molecule has 0 N–H and O–H groups in total. The molecule has 0 bridgehead atoms. The molecule has 0 aromatic heterocycles. The molecule has 0 amide bonds.